The lowest BCUT2D eigenvalue weighted by Crippen LogP contribution is -2.16. The van der Waals surface area contributed by atoms with Gasteiger partial charge in [-0.3, -0.25) is 4.79 Å². The summed E-state index contributed by atoms with van der Waals surface area (Å²) in [5.41, 5.74) is 0. The summed E-state index contributed by atoms with van der Waals surface area (Å²) in [6, 6.07) is 0. The number of hydrogen-bond donors (Lipinski definition) is 0. The Bertz CT molecular complexity index is 153. The van der Waals surface area contributed by atoms with Crippen LogP contribution in [-0.4, -0.2) is 24.1 Å². The normalized spacial score (nSPS) is 25.3. The minimum Gasteiger partial charge on any atom is -0.469 e. The number of ether oxygens (including phenoxy) is 1. The van der Waals surface area contributed by atoms with Crippen LogP contribution in [0, 0.1) is 5.92 Å². The Morgan fingerprint density at radius 2 is 2.50 bits per heavy atom. The van der Waals surface area contributed by atoms with E-state index in [2.05, 4.69) is 11.7 Å². The molecule has 2 atom stereocenters. The van der Waals surface area contributed by atoms with E-state index in [0.29, 0.717) is 17.6 Å². The summed E-state index contributed by atoms with van der Waals surface area (Å²) in [4.78, 5) is 10.9. The summed E-state index contributed by atoms with van der Waals surface area (Å²) in [6.45, 7) is 2.14. The molecule has 70 valence electrons. The van der Waals surface area contributed by atoms with Crippen molar-refractivity contribution in [2.24, 2.45) is 5.92 Å². The molecule has 12 heavy (non-hydrogen) atoms. The number of thioether (sulfide) groups is 1. The van der Waals surface area contributed by atoms with Crippen molar-refractivity contribution in [2.45, 2.75) is 31.4 Å². The first-order chi connectivity index (χ1) is 5.74. The molecule has 0 saturated carbocycles. The lowest BCUT2D eigenvalue weighted by Gasteiger charge is -2.16. The van der Waals surface area contributed by atoms with Gasteiger partial charge in [-0.15, -0.1) is 0 Å². The smallest absolute Gasteiger partial charge is 0.305 e. The third-order valence-electron chi connectivity index (χ3n) is 2.32. The first-order valence-corrected chi connectivity index (χ1v) is 5.47. The molecule has 0 bridgehead atoms. The Morgan fingerprint density at radius 3 is 3.00 bits per heavy atom. The van der Waals surface area contributed by atoms with Crippen molar-refractivity contribution in [3.8, 4) is 0 Å². The second-order valence-electron chi connectivity index (χ2n) is 3.31. The molecular formula is C9H16O2S. The molecule has 0 aromatic heterocycles. The topological polar surface area (TPSA) is 26.3 Å². The predicted octanol–water partition coefficient (Wildman–Crippen LogP) is 2.08. The van der Waals surface area contributed by atoms with Crippen molar-refractivity contribution in [2.75, 3.05) is 12.9 Å². The average molecular weight is 188 g/mol. The maximum absolute atomic E-state index is 10.9. The zero-order valence-electron chi connectivity index (χ0n) is 7.71. The van der Waals surface area contributed by atoms with Crippen molar-refractivity contribution < 1.29 is 9.53 Å². The van der Waals surface area contributed by atoms with Crippen LogP contribution in [0.2, 0.25) is 0 Å². The van der Waals surface area contributed by atoms with E-state index in [-0.39, 0.29) is 5.97 Å². The third kappa shape index (κ3) is 2.70. The maximum Gasteiger partial charge on any atom is 0.305 e. The van der Waals surface area contributed by atoms with Crippen LogP contribution in [0.4, 0.5) is 0 Å². The highest BCUT2D eigenvalue weighted by Gasteiger charge is 2.23. The predicted molar refractivity (Wildman–Crippen MR) is 51.3 cm³/mol. The molecule has 3 heteroatoms. The van der Waals surface area contributed by atoms with Crippen molar-refractivity contribution in [1.82, 2.24) is 0 Å². The van der Waals surface area contributed by atoms with Crippen LogP contribution in [0.5, 0.6) is 0 Å². The minimum atomic E-state index is -0.0741. The van der Waals surface area contributed by atoms with Gasteiger partial charge in [0.25, 0.3) is 0 Å². The van der Waals surface area contributed by atoms with E-state index in [0.717, 1.165) is 0 Å². The molecule has 2 unspecified atom stereocenters. The highest BCUT2D eigenvalue weighted by atomic mass is 32.2. The summed E-state index contributed by atoms with van der Waals surface area (Å²) in [6.07, 6.45) is 3.15. The van der Waals surface area contributed by atoms with E-state index in [1.807, 2.05) is 11.8 Å². The van der Waals surface area contributed by atoms with Gasteiger partial charge in [-0.2, -0.15) is 11.8 Å². The van der Waals surface area contributed by atoms with Crippen LogP contribution >= 0.6 is 11.8 Å². The van der Waals surface area contributed by atoms with Gasteiger partial charge in [-0.05, 0) is 24.5 Å². The molecule has 1 rings (SSSR count). The van der Waals surface area contributed by atoms with E-state index in [1.165, 1.54) is 25.7 Å². The van der Waals surface area contributed by atoms with E-state index in [4.69, 9.17) is 0 Å². The fourth-order valence-electron chi connectivity index (χ4n) is 1.53. The van der Waals surface area contributed by atoms with E-state index >= 15 is 0 Å². The molecule has 0 aromatic rings. The van der Waals surface area contributed by atoms with Gasteiger partial charge in [0.05, 0.1) is 7.11 Å². The number of methoxy groups -OCH3 is 1. The van der Waals surface area contributed by atoms with Gasteiger partial charge in [0.2, 0.25) is 0 Å². The molecule has 0 N–H and O–H groups in total. The van der Waals surface area contributed by atoms with Crippen molar-refractivity contribution in [3.63, 3.8) is 0 Å². The lowest BCUT2D eigenvalue weighted by molar-refractivity contribution is -0.141. The monoisotopic (exact) mass is 188 g/mol. The lowest BCUT2D eigenvalue weighted by atomic mass is 10.0. The van der Waals surface area contributed by atoms with E-state index < -0.39 is 0 Å². The molecular weight excluding hydrogens is 172 g/mol. The zero-order valence-corrected chi connectivity index (χ0v) is 8.52. The van der Waals surface area contributed by atoms with E-state index in [9.17, 15) is 4.79 Å². The molecule has 1 fully saturated rings. The molecule has 2 nitrogen and oxygen atoms in total. The number of carbonyl (C=O) groups is 1. The second kappa shape index (κ2) is 4.75. The number of esters is 1. The van der Waals surface area contributed by atoms with Crippen molar-refractivity contribution in [1.29, 1.82) is 0 Å². The van der Waals surface area contributed by atoms with Gasteiger partial charge in [0.1, 0.15) is 0 Å². The van der Waals surface area contributed by atoms with Gasteiger partial charge in [-0.25, -0.2) is 0 Å². The number of carbonyl (C=O) groups excluding carboxylic acids is 1. The van der Waals surface area contributed by atoms with Crippen LogP contribution in [0.15, 0.2) is 0 Å². The quantitative estimate of drug-likeness (QED) is 0.634. The molecule has 0 radical (unpaired) electrons. The largest absolute Gasteiger partial charge is 0.469 e. The fraction of sp³-hybridized carbons (Fsp3) is 0.889. The molecule has 0 amide bonds. The maximum atomic E-state index is 10.9. The summed E-state index contributed by atoms with van der Waals surface area (Å²) in [7, 11) is 1.46. The van der Waals surface area contributed by atoms with Crippen LogP contribution in [-0.2, 0) is 9.53 Å². The minimum absolute atomic E-state index is 0.0741. The molecule has 0 aliphatic carbocycles. The van der Waals surface area contributed by atoms with Gasteiger partial charge in [0.15, 0.2) is 0 Å². The summed E-state index contributed by atoms with van der Waals surface area (Å²) < 4.78 is 4.63. The zero-order chi connectivity index (χ0) is 8.97. The van der Waals surface area contributed by atoms with Crippen LogP contribution in [0.1, 0.15) is 26.2 Å². The summed E-state index contributed by atoms with van der Waals surface area (Å²) in [5, 5.41) is 0.684. The highest BCUT2D eigenvalue weighted by Crippen LogP contribution is 2.33. The molecule has 1 saturated heterocycles. The highest BCUT2D eigenvalue weighted by molar-refractivity contribution is 8.00. The second-order valence-corrected chi connectivity index (χ2v) is 4.66. The third-order valence-corrected chi connectivity index (χ3v) is 3.97. The Morgan fingerprint density at radius 1 is 1.75 bits per heavy atom. The van der Waals surface area contributed by atoms with Crippen LogP contribution < -0.4 is 0 Å². The Hall–Kier alpha value is -0.180. The first-order valence-electron chi connectivity index (χ1n) is 4.42. The molecule has 1 aliphatic heterocycles. The number of hydrogen-bond acceptors (Lipinski definition) is 3. The Balaban J connectivity index is 2.26. The van der Waals surface area contributed by atoms with Crippen molar-refractivity contribution in [3.05, 3.63) is 0 Å². The van der Waals surface area contributed by atoms with Crippen LogP contribution in [0.25, 0.3) is 0 Å². The summed E-state index contributed by atoms with van der Waals surface area (Å²) in [5.74, 6) is 1.66. The SMILES string of the molecule is COC(=O)CC(C)C1CCCS1. The Labute approximate surface area is 78.1 Å². The van der Waals surface area contributed by atoms with E-state index in [1.54, 1.807) is 0 Å². The van der Waals surface area contributed by atoms with Gasteiger partial charge in [0, 0.05) is 11.7 Å². The molecule has 1 heterocycles. The molecule has 0 spiro atoms. The van der Waals surface area contributed by atoms with Gasteiger partial charge in [-0.1, -0.05) is 6.92 Å². The molecule has 0 aromatic carbocycles. The van der Waals surface area contributed by atoms with Gasteiger partial charge >= 0.3 is 5.97 Å². The number of rotatable bonds is 3. The summed E-state index contributed by atoms with van der Waals surface area (Å²) >= 11 is 2.00. The van der Waals surface area contributed by atoms with Gasteiger partial charge < -0.3 is 4.74 Å². The fourth-order valence-corrected chi connectivity index (χ4v) is 2.92. The molecule has 1 aliphatic rings. The average Bonchev–Trinajstić information content (AvgIpc) is 2.56. The first kappa shape index (κ1) is 9.90. The Kier molecular flexibility index (Phi) is 3.92. The standard InChI is InChI=1S/C9H16O2S/c1-7(6-9(10)11-2)8-4-3-5-12-8/h7-8H,3-6H2,1-2H3. The van der Waals surface area contributed by atoms with Crippen molar-refractivity contribution >= 4 is 17.7 Å². The van der Waals surface area contributed by atoms with Crippen LogP contribution in [0.3, 0.4) is 0 Å².